The molecule has 8 heteroatoms. The minimum Gasteiger partial charge on any atom is -0.317 e. The minimum atomic E-state index is -0.522. The number of hydrazone groups is 1. The van der Waals surface area contributed by atoms with Crippen molar-refractivity contribution in [1.82, 2.24) is 10.7 Å². The molecule has 0 radical (unpaired) electrons. The summed E-state index contributed by atoms with van der Waals surface area (Å²) in [4.78, 5) is 26.6. The number of nitrogens with zero attached hydrogens (tertiary/aromatic N) is 1. The van der Waals surface area contributed by atoms with Crippen molar-refractivity contribution in [3.05, 3.63) is 85.3 Å². The Morgan fingerprint density at radius 1 is 1.00 bits per heavy atom. The molecule has 136 valence electrons. The zero-order chi connectivity index (χ0) is 19.1. The molecule has 3 rings (SSSR count). The third-order valence-corrected chi connectivity index (χ3v) is 5.30. The number of carbonyl (C=O) groups excluding carboxylic acids is 2. The first-order chi connectivity index (χ1) is 13.1. The molecule has 0 saturated heterocycles. The molecule has 0 aliphatic heterocycles. The lowest BCUT2D eigenvalue weighted by atomic mass is 10.2. The summed E-state index contributed by atoms with van der Waals surface area (Å²) in [6, 6.07) is 15.9. The summed E-state index contributed by atoms with van der Waals surface area (Å²) in [5, 5.41) is 8.46. The molecule has 27 heavy (non-hydrogen) atoms. The second-order valence-corrected chi connectivity index (χ2v) is 7.96. The maximum Gasteiger partial charge on any atom is 0.287 e. The van der Waals surface area contributed by atoms with Crippen LogP contribution in [0.15, 0.2) is 70.8 Å². The fraction of sp³-hybridized carbons (Fsp3) is 0. The number of hydrogen-bond donors (Lipinski definition) is 2. The van der Waals surface area contributed by atoms with E-state index in [1.54, 1.807) is 42.5 Å². The molecule has 0 fully saturated rings. The van der Waals surface area contributed by atoms with Gasteiger partial charge in [0.2, 0.25) is 0 Å². The van der Waals surface area contributed by atoms with Gasteiger partial charge in [-0.2, -0.15) is 5.10 Å². The molecule has 2 heterocycles. The van der Waals surface area contributed by atoms with Crippen molar-refractivity contribution in [2.45, 2.75) is 0 Å². The van der Waals surface area contributed by atoms with Crippen LogP contribution in [-0.4, -0.2) is 18.0 Å². The lowest BCUT2D eigenvalue weighted by Gasteiger charge is -2.08. The number of halogens is 1. The topological polar surface area (TPSA) is 70.6 Å². The van der Waals surface area contributed by atoms with E-state index in [0.717, 1.165) is 9.75 Å². The zero-order valence-corrected chi connectivity index (χ0v) is 16.3. The maximum atomic E-state index is 12.5. The number of thiophene rings is 2. The van der Waals surface area contributed by atoms with Crippen LogP contribution in [0, 0.1) is 0 Å². The normalized spacial score (nSPS) is 11.5. The molecule has 0 bridgehead atoms. The van der Waals surface area contributed by atoms with Gasteiger partial charge in [-0.05, 0) is 41.8 Å². The number of nitrogens with one attached hydrogen (secondary N) is 2. The van der Waals surface area contributed by atoms with Crippen molar-refractivity contribution >= 4 is 58.4 Å². The standard InChI is InChI=1S/C19H14ClN3O2S2/c20-17-9-8-15(27-17)12-21-23-19(25)16(11-14-7-4-10-26-14)22-18(24)13-5-2-1-3-6-13/h1-12H,(H,22,24)(H,23,25). The SMILES string of the molecule is O=C(NN=Cc1ccc(Cl)s1)C(=Cc1cccs1)NC(=O)c1ccccc1. The van der Waals surface area contributed by atoms with Gasteiger partial charge in [0, 0.05) is 15.3 Å². The Kier molecular flexibility index (Phi) is 6.54. The Hall–Kier alpha value is -2.74. The molecule has 5 nitrogen and oxygen atoms in total. The van der Waals surface area contributed by atoms with Crippen LogP contribution in [-0.2, 0) is 4.79 Å². The van der Waals surface area contributed by atoms with E-state index in [1.807, 2.05) is 23.6 Å². The first kappa shape index (κ1) is 19.0. The smallest absolute Gasteiger partial charge is 0.287 e. The fourth-order valence-electron chi connectivity index (χ4n) is 2.07. The van der Waals surface area contributed by atoms with Gasteiger partial charge in [-0.15, -0.1) is 22.7 Å². The third-order valence-electron chi connectivity index (χ3n) is 3.31. The summed E-state index contributed by atoms with van der Waals surface area (Å²) in [5.41, 5.74) is 2.99. The maximum absolute atomic E-state index is 12.5. The molecule has 2 N–H and O–H groups in total. The van der Waals surface area contributed by atoms with E-state index in [1.165, 1.54) is 28.9 Å². The number of benzene rings is 1. The lowest BCUT2D eigenvalue weighted by molar-refractivity contribution is -0.117. The van der Waals surface area contributed by atoms with Gasteiger partial charge < -0.3 is 5.32 Å². The quantitative estimate of drug-likeness (QED) is 0.356. The minimum absolute atomic E-state index is 0.104. The van der Waals surface area contributed by atoms with Crippen molar-refractivity contribution in [2.24, 2.45) is 5.10 Å². The summed E-state index contributed by atoms with van der Waals surface area (Å²) in [7, 11) is 0. The van der Waals surface area contributed by atoms with Crippen LogP contribution < -0.4 is 10.7 Å². The van der Waals surface area contributed by atoms with E-state index >= 15 is 0 Å². The van der Waals surface area contributed by atoms with E-state index in [9.17, 15) is 9.59 Å². The van der Waals surface area contributed by atoms with Crippen LogP contribution in [0.25, 0.3) is 6.08 Å². The molecule has 0 unspecified atom stereocenters. The molecule has 3 aromatic rings. The monoisotopic (exact) mass is 415 g/mol. The fourth-order valence-corrected chi connectivity index (χ4v) is 3.66. The van der Waals surface area contributed by atoms with Crippen molar-refractivity contribution in [2.75, 3.05) is 0 Å². The highest BCUT2D eigenvalue weighted by Gasteiger charge is 2.14. The third kappa shape index (κ3) is 5.62. The second kappa shape index (κ2) is 9.27. The zero-order valence-electron chi connectivity index (χ0n) is 13.9. The lowest BCUT2D eigenvalue weighted by Crippen LogP contribution is -2.32. The van der Waals surface area contributed by atoms with Gasteiger partial charge >= 0.3 is 0 Å². The first-order valence-electron chi connectivity index (χ1n) is 7.82. The molecule has 1 aromatic carbocycles. The highest BCUT2D eigenvalue weighted by molar-refractivity contribution is 7.17. The van der Waals surface area contributed by atoms with Crippen molar-refractivity contribution in [1.29, 1.82) is 0 Å². The Bertz CT molecular complexity index is 980. The molecule has 0 saturated carbocycles. The summed E-state index contributed by atoms with van der Waals surface area (Å²) >= 11 is 8.66. The van der Waals surface area contributed by atoms with E-state index in [2.05, 4.69) is 15.8 Å². The van der Waals surface area contributed by atoms with Gasteiger partial charge in [0.05, 0.1) is 10.6 Å². The Labute approximate surface area is 169 Å². The molecule has 0 aliphatic carbocycles. The Balaban J connectivity index is 1.74. The Morgan fingerprint density at radius 3 is 2.48 bits per heavy atom. The van der Waals surface area contributed by atoms with Gasteiger partial charge in [-0.3, -0.25) is 9.59 Å². The van der Waals surface area contributed by atoms with E-state index in [4.69, 9.17) is 11.6 Å². The van der Waals surface area contributed by atoms with Crippen LogP contribution in [0.1, 0.15) is 20.1 Å². The average Bonchev–Trinajstić information content (AvgIpc) is 3.33. The van der Waals surface area contributed by atoms with Gasteiger partial charge in [-0.1, -0.05) is 35.9 Å². The second-order valence-electron chi connectivity index (χ2n) is 5.23. The predicted molar refractivity (Wildman–Crippen MR) is 111 cm³/mol. The van der Waals surface area contributed by atoms with Crippen LogP contribution in [0.2, 0.25) is 4.34 Å². The van der Waals surface area contributed by atoms with Gasteiger partial charge in [0.15, 0.2) is 0 Å². The van der Waals surface area contributed by atoms with Crippen LogP contribution >= 0.6 is 34.3 Å². The summed E-state index contributed by atoms with van der Waals surface area (Å²) in [6.07, 6.45) is 3.11. The number of carbonyl (C=O) groups is 2. The van der Waals surface area contributed by atoms with E-state index < -0.39 is 5.91 Å². The highest BCUT2D eigenvalue weighted by Crippen LogP contribution is 2.19. The van der Waals surface area contributed by atoms with E-state index in [-0.39, 0.29) is 11.6 Å². The van der Waals surface area contributed by atoms with Crippen molar-refractivity contribution in [3.63, 3.8) is 0 Å². The first-order valence-corrected chi connectivity index (χ1v) is 9.89. The molecule has 0 aliphatic rings. The Morgan fingerprint density at radius 2 is 1.81 bits per heavy atom. The van der Waals surface area contributed by atoms with Crippen molar-refractivity contribution < 1.29 is 9.59 Å². The summed E-state index contributed by atoms with van der Waals surface area (Å²) in [5.74, 6) is -0.894. The van der Waals surface area contributed by atoms with E-state index in [0.29, 0.717) is 9.90 Å². The van der Waals surface area contributed by atoms with Crippen LogP contribution in [0.5, 0.6) is 0 Å². The molecular weight excluding hydrogens is 402 g/mol. The van der Waals surface area contributed by atoms with Gasteiger partial charge in [-0.25, -0.2) is 5.43 Å². The van der Waals surface area contributed by atoms with Gasteiger partial charge in [0.1, 0.15) is 5.70 Å². The highest BCUT2D eigenvalue weighted by atomic mass is 35.5. The number of rotatable bonds is 6. The largest absolute Gasteiger partial charge is 0.317 e. The van der Waals surface area contributed by atoms with Crippen LogP contribution in [0.3, 0.4) is 0 Å². The number of hydrogen-bond acceptors (Lipinski definition) is 5. The average molecular weight is 416 g/mol. The molecule has 2 amide bonds. The molecule has 0 atom stereocenters. The van der Waals surface area contributed by atoms with Crippen LogP contribution in [0.4, 0.5) is 0 Å². The molecule has 0 spiro atoms. The van der Waals surface area contributed by atoms with Crippen molar-refractivity contribution in [3.8, 4) is 0 Å². The predicted octanol–water partition coefficient (Wildman–Crippen LogP) is 4.38. The summed E-state index contributed by atoms with van der Waals surface area (Å²) in [6.45, 7) is 0. The molecule has 2 aromatic heterocycles. The molecular formula is C19H14ClN3O2S2. The van der Waals surface area contributed by atoms with Gasteiger partial charge in [0.25, 0.3) is 11.8 Å². The summed E-state index contributed by atoms with van der Waals surface area (Å²) < 4.78 is 0.635. The number of amides is 2.